The summed E-state index contributed by atoms with van der Waals surface area (Å²) in [5.74, 6) is 2.19. The van der Waals surface area contributed by atoms with Gasteiger partial charge in [0, 0.05) is 4.90 Å². The van der Waals surface area contributed by atoms with Gasteiger partial charge in [0.15, 0.2) is 0 Å². The third kappa shape index (κ3) is 8.20. The van der Waals surface area contributed by atoms with Crippen LogP contribution in [0.1, 0.15) is 51.9 Å². The number of hydrogen-bond acceptors (Lipinski definition) is 2. The molecule has 1 nitrogen and oxygen atoms in total. The van der Waals surface area contributed by atoms with E-state index >= 15 is 0 Å². The van der Waals surface area contributed by atoms with Crippen LogP contribution in [0.4, 0.5) is 0 Å². The lowest BCUT2D eigenvalue weighted by atomic mass is 10.2. The van der Waals surface area contributed by atoms with E-state index in [1.165, 1.54) is 42.8 Å². The van der Waals surface area contributed by atoms with Crippen molar-refractivity contribution in [2.45, 2.75) is 56.8 Å². The highest BCUT2D eigenvalue weighted by atomic mass is 32.2. The number of unbranched alkanes of at least 4 members (excludes halogenated alkanes) is 5. The van der Waals surface area contributed by atoms with Crippen molar-refractivity contribution in [3.8, 4) is 5.75 Å². The first-order valence-corrected chi connectivity index (χ1v) is 8.50. The molecule has 19 heavy (non-hydrogen) atoms. The lowest BCUT2D eigenvalue weighted by Crippen LogP contribution is -1.96. The van der Waals surface area contributed by atoms with Crippen LogP contribution in [0.5, 0.6) is 5.75 Å². The van der Waals surface area contributed by atoms with E-state index in [0.717, 1.165) is 25.2 Å². The van der Waals surface area contributed by atoms with E-state index in [4.69, 9.17) is 4.74 Å². The minimum atomic E-state index is 0.843. The van der Waals surface area contributed by atoms with Crippen molar-refractivity contribution in [2.75, 3.05) is 12.4 Å². The van der Waals surface area contributed by atoms with E-state index in [-0.39, 0.29) is 0 Å². The highest BCUT2D eigenvalue weighted by Crippen LogP contribution is 2.22. The van der Waals surface area contributed by atoms with Crippen molar-refractivity contribution >= 4 is 11.8 Å². The lowest BCUT2D eigenvalue weighted by Gasteiger charge is -2.07. The molecule has 0 aromatic heterocycles. The smallest absolute Gasteiger partial charge is 0.119 e. The molecular formula is C17H27OS. The quantitative estimate of drug-likeness (QED) is 0.377. The van der Waals surface area contributed by atoms with Gasteiger partial charge in [-0.3, -0.25) is 0 Å². The molecule has 107 valence electrons. The van der Waals surface area contributed by atoms with Crippen LogP contribution in [0.3, 0.4) is 0 Å². The number of benzene rings is 1. The van der Waals surface area contributed by atoms with Crippen LogP contribution in [0.15, 0.2) is 29.2 Å². The second-order valence-corrected chi connectivity index (χ2v) is 5.96. The fourth-order valence-corrected chi connectivity index (χ4v) is 2.73. The van der Waals surface area contributed by atoms with Gasteiger partial charge < -0.3 is 4.74 Å². The second kappa shape index (κ2) is 11.2. The summed E-state index contributed by atoms with van der Waals surface area (Å²) in [6.45, 7) is 6.94. The molecule has 0 saturated heterocycles. The molecule has 2 heteroatoms. The molecule has 1 rings (SSSR count). The zero-order valence-corrected chi connectivity index (χ0v) is 13.0. The molecule has 1 aromatic carbocycles. The first kappa shape index (κ1) is 16.4. The van der Waals surface area contributed by atoms with Crippen LogP contribution < -0.4 is 4.74 Å². The van der Waals surface area contributed by atoms with E-state index < -0.39 is 0 Å². The highest BCUT2D eigenvalue weighted by molar-refractivity contribution is 7.99. The number of hydrogen-bond donors (Lipinski definition) is 0. The minimum Gasteiger partial charge on any atom is -0.494 e. The fourth-order valence-electron chi connectivity index (χ4n) is 1.82. The second-order valence-electron chi connectivity index (χ2n) is 4.79. The summed E-state index contributed by atoms with van der Waals surface area (Å²) in [6.07, 6.45) is 8.56. The molecule has 0 saturated carbocycles. The summed E-state index contributed by atoms with van der Waals surface area (Å²) in [7, 11) is 0. The first-order valence-electron chi connectivity index (χ1n) is 7.51. The highest BCUT2D eigenvalue weighted by Gasteiger charge is 1.97. The predicted molar refractivity (Wildman–Crippen MR) is 86.0 cm³/mol. The van der Waals surface area contributed by atoms with Gasteiger partial charge >= 0.3 is 0 Å². The molecule has 0 amide bonds. The molecule has 0 heterocycles. The Balaban J connectivity index is 2.16. The largest absolute Gasteiger partial charge is 0.494 e. The third-order valence-electron chi connectivity index (χ3n) is 3.00. The Kier molecular flexibility index (Phi) is 9.70. The van der Waals surface area contributed by atoms with E-state index in [0.29, 0.717) is 0 Å². The van der Waals surface area contributed by atoms with Crippen LogP contribution in [0.2, 0.25) is 0 Å². The zero-order chi connectivity index (χ0) is 13.8. The molecule has 0 atom stereocenters. The van der Waals surface area contributed by atoms with Gasteiger partial charge in [0.2, 0.25) is 0 Å². The van der Waals surface area contributed by atoms with Gasteiger partial charge in [-0.15, -0.1) is 11.8 Å². The summed E-state index contributed by atoms with van der Waals surface area (Å²) in [5.41, 5.74) is 0. The van der Waals surface area contributed by atoms with Crippen molar-refractivity contribution in [3.63, 3.8) is 0 Å². The van der Waals surface area contributed by atoms with Gasteiger partial charge in [0.1, 0.15) is 5.75 Å². The first-order chi connectivity index (χ1) is 9.36. The zero-order valence-electron chi connectivity index (χ0n) is 12.2. The van der Waals surface area contributed by atoms with Crippen molar-refractivity contribution in [1.29, 1.82) is 0 Å². The molecule has 0 unspecified atom stereocenters. The average Bonchev–Trinajstić information content (AvgIpc) is 2.45. The standard InChI is InChI=1S/C17H27OS/c1-3-5-7-8-14-18-16-10-12-17(13-11-16)19-15-9-6-4-2/h10-13H,2-9,14-15H2,1H3. The molecular weight excluding hydrogens is 252 g/mol. The maximum atomic E-state index is 5.73. The molecule has 0 spiro atoms. The summed E-state index contributed by atoms with van der Waals surface area (Å²) >= 11 is 1.92. The summed E-state index contributed by atoms with van der Waals surface area (Å²) in [4.78, 5) is 1.34. The van der Waals surface area contributed by atoms with Crippen molar-refractivity contribution in [1.82, 2.24) is 0 Å². The third-order valence-corrected chi connectivity index (χ3v) is 4.10. The molecule has 0 fully saturated rings. The van der Waals surface area contributed by atoms with Gasteiger partial charge in [-0.25, -0.2) is 0 Å². The molecule has 0 aliphatic heterocycles. The molecule has 1 aromatic rings. The maximum Gasteiger partial charge on any atom is 0.119 e. The van der Waals surface area contributed by atoms with Crippen LogP contribution in [0, 0.1) is 6.92 Å². The number of rotatable bonds is 11. The van der Waals surface area contributed by atoms with Gasteiger partial charge in [-0.1, -0.05) is 46.0 Å². The number of thioether (sulfide) groups is 1. The van der Waals surface area contributed by atoms with Crippen molar-refractivity contribution in [2.24, 2.45) is 0 Å². The Morgan fingerprint density at radius 2 is 1.79 bits per heavy atom. The Morgan fingerprint density at radius 3 is 2.47 bits per heavy atom. The topological polar surface area (TPSA) is 9.23 Å². The van der Waals surface area contributed by atoms with Crippen LogP contribution in [-0.2, 0) is 0 Å². The van der Waals surface area contributed by atoms with E-state index in [1.807, 2.05) is 11.8 Å². The van der Waals surface area contributed by atoms with Gasteiger partial charge in [-0.05, 0) is 42.9 Å². The summed E-state index contributed by atoms with van der Waals surface area (Å²) in [6, 6.07) is 8.50. The Hall–Kier alpha value is -0.630. The van der Waals surface area contributed by atoms with Gasteiger partial charge in [0.05, 0.1) is 6.61 Å². The molecule has 1 radical (unpaired) electrons. The Bertz CT molecular complexity index is 308. The Morgan fingerprint density at radius 1 is 1.00 bits per heavy atom. The average molecular weight is 279 g/mol. The molecule has 0 aliphatic carbocycles. The van der Waals surface area contributed by atoms with Crippen LogP contribution in [-0.4, -0.2) is 12.4 Å². The maximum absolute atomic E-state index is 5.73. The molecule has 0 bridgehead atoms. The van der Waals surface area contributed by atoms with E-state index in [9.17, 15) is 0 Å². The Labute approximate surface area is 123 Å². The van der Waals surface area contributed by atoms with Gasteiger partial charge in [0.25, 0.3) is 0 Å². The fraction of sp³-hybridized carbons (Fsp3) is 0.588. The van der Waals surface area contributed by atoms with E-state index in [2.05, 4.69) is 38.1 Å². The van der Waals surface area contributed by atoms with Crippen LogP contribution in [0.25, 0.3) is 0 Å². The lowest BCUT2D eigenvalue weighted by molar-refractivity contribution is 0.305. The molecule has 0 aliphatic rings. The van der Waals surface area contributed by atoms with Gasteiger partial charge in [-0.2, -0.15) is 0 Å². The van der Waals surface area contributed by atoms with Crippen LogP contribution >= 0.6 is 11.8 Å². The minimum absolute atomic E-state index is 0.843. The number of ether oxygens (including phenoxy) is 1. The molecule has 0 N–H and O–H groups in total. The SMILES string of the molecule is [CH2]CCCCSc1ccc(OCCCCCC)cc1. The summed E-state index contributed by atoms with van der Waals surface area (Å²) < 4.78 is 5.73. The normalized spacial score (nSPS) is 10.6. The van der Waals surface area contributed by atoms with Crippen molar-refractivity contribution < 1.29 is 4.74 Å². The monoisotopic (exact) mass is 279 g/mol. The van der Waals surface area contributed by atoms with E-state index in [1.54, 1.807) is 0 Å². The predicted octanol–water partition coefficient (Wildman–Crippen LogP) is 5.74. The summed E-state index contributed by atoms with van der Waals surface area (Å²) in [5, 5.41) is 0. The van der Waals surface area contributed by atoms with Crippen molar-refractivity contribution in [3.05, 3.63) is 31.2 Å².